The Morgan fingerprint density at radius 1 is 1.42 bits per heavy atom. The highest BCUT2D eigenvalue weighted by atomic mass is 16.2. The van der Waals surface area contributed by atoms with E-state index >= 15 is 0 Å². The lowest BCUT2D eigenvalue weighted by molar-refractivity contribution is -0.130. The van der Waals surface area contributed by atoms with Gasteiger partial charge in [-0.15, -0.1) is 0 Å². The Kier molecular flexibility index (Phi) is 4.85. The molecule has 1 N–H and O–H groups in total. The number of nitrogens with zero attached hydrogens (tertiary/aromatic N) is 2. The Labute approximate surface area is 117 Å². The minimum atomic E-state index is 0.0375. The predicted molar refractivity (Wildman–Crippen MR) is 77.8 cm³/mol. The topological polar surface area (TPSA) is 35.6 Å². The molecule has 1 amide bonds. The molecule has 2 aliphatic rings. The number of hydrogen-bond donors (Lipinski definition) is 1. The SMILES string of the molecule is CCC1NC(CC(C)C)N(CC2CCCN2C)C1=O. The van der Waals surface area contributed by atoms with Crippen LogP contribution in [0, 0.1) is 5.92 Å². The van der Waals surface area contributed by atoms with Crippen molar-refractivity contribution in [3.05, 3.63) is 0 Å². The maximum atomic E-state index is 12.5. The molecule has 2 rings (SSSR count). The molecule has 110 valence electrons. The molecule has 0 spiro atoms. The van der Waals surface area contributed by atoms with Crippen LogP contribution in [0.5, 0.6) is 0 Å². The lowest BCUT2D eigenvalue weighted by atomic mass is 10.1. The van der Waals surface area contributed by atoms with Gasteiger partial charge in [-0.25, -0.2) is 0 Å². The standard InChI is InChI=1S/C15H29N3O/c1-5-13-15(19)18(14(16-13)9-11(2)3)10-12-7-6-8-17(12)4/h11-14,16H,5-10H2,1-4H3. The predicted octanol–water partition coefficient (Wildman–Crippen LogP) is 1.66. The second-order valence-electron chi connectivity index (χ2n) is 6.54. The van der Waals surface area contributed by atoms with Gasteiger partial charge in [0.15, 0.2) is 0 Å². The minimum Gasteiger partial charge on any atom is -0.324 e. The molecule has 0 aromatic heterocycles. The number of carbonyl (C=O) groups excluding carboxylic acids is 1. The molecular formula is C15H29N3O. The maximum absolute atomic E-state index is 12.5. The monoisotopic (exact) mass is 267 g/mol. The summed E-state index contributed by atoms with van der Waals surface area (Å²) in [5, 5.41) is 3.52. The molecule has 0 aliphatic carbocycles. The average molecular weight is 267 g/mol. The quantitative estimate of drug-likeness (QED) is 0.823. The minimum absolute atomic E-state index is 0.0375. The van der Waals surface area contributed by atoms with E-state index in [9.17, 15) is 4.79 Å². The molecule has 3 atom stereocenters. The van der Waals surface area contributed by atoms with Crippen molar-refractivity contribution in [3.8, 4) is 0 Å². The van der Waals surface area contributed by atoms with Crippen LogP contribution in [0.1, 0.15) is 46.5 Å². The molecule has 0 aromatic carbocycles. The number of likely N-dealkylation sites (N-methyl/N-ethyl adjacent to an activating group) is 1. The zero-order valence-electron chi connectivity index (χ0n) is 12.9. The van der Waals surface area contributed by atoms with E-state index in [0.717, 1.165) is 19.4 Å². The highest BCUT2D eigenvalue weighted by Gasteiger charge is 2.39. The summed E-state index contributed by atoms with van der Waals surface area (Å²) in [6.07, 6.45) is 4.68. The second kappa shape index (κ2) is 6.23. The van der Waals surface area contributed by atoms with Gasteiger partial charge in [0.2, 0.25) is 5.91 Å². The van der Waals surface area contributed by atoms with E-state index in [1.807, 2.05) is 0 Å². The van der Waals surface area contributed by atoms with Crippen LogP contribution in [-0.2, 0) is 4.79 Å². The molecule has 0 bridgehead atoms. The molecule has 2 aliphatic heterocycles. The van der Waals surface area contributed by atoms with Crippen LogP contribution < -0.4 is 5.32 Å². The second-order valence-corrected chi connectivity index (χ2v) is 6.54. The van der Waals surface area contributed by atoms with Gasteiger partial charge in [-0.1, -0.05) is 20.8 Å². The van der Waals surface area contributed by atoms with E-state index in [1.165, 1.54) is 19.4 Å². The van der Waals surface area contributed by atoms with Gasteiger partial charge in [0, 0.05) is 12.6 Å². The molecule has 2 fully saturated rings. The molecule has 0 aromatic rings. The molecular weight excluding hydrogens is 238 g/mol. The normalized spacial score (nSPS) is 32.8. The van der Waals surface area contributed by atoms with Crippen LogP contribution in [0.4, 0.5) is 0 Å². The van der Waals surface area contributed by atoms with Crippen molar-refractivity contribution in [1.82, 2.24) is 15.1 Å². The Morgan fingerprint density at radius 3 is 2.68 bits per heavy atom. The highest BCUT2D eigenvalue weighted by molar-refractivity contribution is 5.84. The number of hydrogen-bond acceptors (Lipinski definition) is 3. The first-order valence-electron chi connectivity index (χ1n) is 7.79. The highest BCUT2D eigenvalue weighted by Crippen LogP contribution is 2.23. The first-order valence-corrected chi connectivity index (χ1v) is 7.79. The Bertz CT molecular complexity index is 319. The van der Waals surface area contributed by atoms with Gasteiger partial charge in [0.25, 0.3) is 0 Å². The summed E-state index contributed by atoms with van der Waals surface area (Å²) >= 11 is 0. The van der Waals surface area contributed by atoms with Crippen molar-refractivity contribution >= 4 is 5.91 Å². The Balaban J connectivity index is 2.02. The van der Waals surface area contributed by atoms with E-state index < -0.39 is 0 Å². The fourth-order valence-electron chi connectivity index (χ4n) is 3.34. The molecule has 0 saturated carbocycles. The number of nitrogens with one attached hydrogen (secondary N) is 1. The van der Waals surface area contributed by atoms with Crippen molar-refractivity contribution in [1.29, 1.82) is 0 Å². The van der Waals surface area contributed by atoms with Crippen LogP contribution in [0.2, 0.25) is 0 Å². The van der Waals surface area contributed by atoms with E-state index in [2.05, 4.69) is 42.9 Å². The van der Waals surface area contributed by atoms with Gasteiger partial charge in [0.05, 0.1) is 12.2 Å². The summed E-state index contributed by atoms with van der Waals surface area (Å²) in [5.41, 5.74) is 0. The largest absolute Gasteiger partial charge is 0.324 e. The zero-order valence-corrected chi connectivity index (χ0v) is 12.9. The van der Waals surface area contributed by atoms with Gasteiger partial charge in [-0.3, -0.25) is 10.1 Å². The van der Waals surface area contributed by atoms with Crippen LogP contribution in [-0.4, -0.2) is 54.1 Å². The van der Waals surface area contributed by atoms with Gasteiger partial charge in [-0.2, -0.15) is 0 Å². The third kappa shape index (κ3) is 3.29. The number of amides is 1. The van der Waals surface area contributed by atoms with Crippen molar-refractivity contribution in [2.75, 3.05) is 20.1 Å². The van der Waals surface area contributed by atoms with Gasteiger partial charge in [0.1, 0.15) is 0 Å². The van der Waals surface area contributed by atoms with Crippen LogP contribution in [0.3, 0.4) is 0 Å². The van der Waals surface area contributed by atoms with Gasteiger partial charge >= 0.3 is 0 Å². The molecule has 4 nitrogen and oxygen atoms in total. The third-order valence-corrected chi connectivity index (χ3v) is 4.53. The Morgan fingerprint density at radius 2 is 2.16 bits per heavy atom. The van der Waals surface area contributed by atoms with Crippen molar-refractivity contribution < 1.29 is 4.79 Å². The smallest absolute Gasteiger partial charge is 0.241 e. The summed E-state index contributed by atoms with van der Waals surface area (Å²) in [6, 6.07) is 0.589. The summed E-state index contributed by atoms with van der Waals surface area (Å²) in [6.45, 7) is 8.62. The Hall–Kier alpha value is -0.610. The fraction of sp³-hybridized carbons (Fsp3) is 0.933. The molecule has 3 unspecified atom stereocenters. The number of carbonyl (C=O) groups is 1. The summed E-state index contributed by atoms with van der Waals surface area (Å²) in [7, 11) is 2.18. The van der Waals surface area contributed by atoms with E-state index in [4.69, 9.17) is 0 Å². The van der Waals surface area contributed by atoms with Crippen molar-refractivity contribution in [3.63, 3.8) is 0 Å². The molecule has 19 heavy (non-hydrogen) atoms. The van der Waals surface area contributed by atoms with E-state index in [1.54, 1.807) is 0 Å². The third-order valence-electron chi connectivity index (χ3n) is 4.53. The van der Waals surface area contributed by atoms with Crippen molar-refractivity contribution in [2.24, 2.45) is 5.92 Å². The summed E-state index contributed by atoms with van der Waals surface area (Å²) in [4.78, 5) is 17.0. The van der Waals surface area contributed by atoms with Gasteiger partial charge in [-0.05, 0) is 45.2 Å². The molecule has 4 heteroatoms. The number of rotatable bonds is 5. The lowest BCUT2D eigenvalue weighted by Gasteiger charge is -2.30. The summed E-state index contributed by atoms with van der Waals surface area (Å²) < 4.78 is 0. The van der Waals surface area contributed by atoms with Gasteiger partial charge < -0.3 is 9.80 Å². The number of likely N-dealkylation sites (tertiary alicyclic amines) is 1. The zero-order chi connectivity index (χ0) is 14.0. The van der Waals surface area contributed by atoms with E-state index in [0.29, 0.717) is 17.9 Å². The first-order chi connectivity index (χ1) is 9.02. The maximum Gasteiger partial charge on any atom is 0.241 e. The molecule has 2 saturated heterocycles. The first kappa shape index (κ1) is 14.8. The summed E-state index contributed by atoms with van der Waals surface area (Å²) in [5.74, 6) is 0.929. The molecule has 2 heterocycles. The molecule has 0 radical (unpaired) electrons. The fourth-order valence-corrected chi connectivity index (χ4v) is 3.34. The van der Waals surface area contributed by atoms with Crippen molar-refractivity contribution in [2.45, 2.75) is 64.7 Å². The van der Waals surface area contributed by atoms with Crippen LogP contribution in [0.15, 0.2) is 0 Å². The lowest BCUT2D eigenvalue weighted by Crippen LogP contribution is -2.45. The van der Waals surface area contributed by atoms with E-state index in [-0.39, 0.29) is 12.2 Å². The average Bonchev–Trinajstić information content (AvgIpc) is 2.87. The van der Waals surface area contributed by atoms with Crippen LogP contribution >= 0.6 is 0 Å². The van der Waals surface area contributed by atoms with Crippen LogP contribution in [0.25, 0.3) is 0 Å².